The molecule has 0 bridgehead atoms. The van der Waals surface area contributed by atoms with Crippen molar-refractivity contribution >= 4 is 5.97 Å². The summed E-state index contributed by atoms with van der Waals surface area (Å²) in [6, 6.07) is 3.30. The summed E-state index contributed by atoms with van der Waals surface area (Å²) >= 11 is 0. The monoisotopic (exact) mass is 296 g/mol. The number of nitrogens with two attached hydrogens (primary N) is 1. The maximum atomic E-state index is 10.6. The lowest BCUT2D eigenvalue weighted by atomic mass is 10.1. The molecule has 0 saturated heterocycles. The number of phenolic OH excluding ortho intramolecular Hbond substituents is 2. The van der Waals surface area contributed by atoms with E-state index in [4.69, 9.17) is 25.6 Å². The van der Waals surface area contributed by atoms with Gasteiger partial charge >= 0.3 is 5.97 Å². The highest BCUT2D eigenvalue weighted by atomic mass is 16.5. The number of aliphatic carboxylic acids is 1. The topological polar surface area (TPSA) is 146 Å². The van der Waals surface area contributed by atoms with Gasteiger partial charge < -0.3 is 30.5 Å². The van der Waals surface area contributed by atoms with Crippen molar-refractivity contribution in [2.75, 3.05) is 13.7 Å². The molecule has 0 aliphatic heterocycles. The van der Waals surface area contributed by atoms with Crippen molar-refractivity contribution in [3.63, 3.8) is 0 Å². The Bertz CT molecular complexity index is 554. The molecule has 0 radical (unpaired) electrons. The molecule has 0 aromatic heterocycles. The molecule has 5 N–H and O–H groups in total. The molecule has 0 aliphatic rings. The smallest absolute Gasteiger partial charge is 0.320 e. The zero-order valence-electron chi connectivity index (χ0n) is 11.3. The molecule has 2 unspecified atom stereocenters. The van der Waals surface area contributed by atoms with Crippen LogP contribution in [0.4, 0.5) is 0 Å². The van der Waals surface area contributed by atoms with E-state index in [2.05, 4.69) is 0 Å². The minimum atomic E-state index is -1.16. The van der Waals surface area contributed by atoms with Crippen molar-refractivity contribution in [3.8, 4) is 23.3 Å². The molecule has 2 atom stereocenters. The number of nitriles is 1. The van der Waals surface area contributed by atoms with E-state index < -0.39 is 29.6 Å². The van der Waals surface area contributed by atoms with Gasteiger partial charge in [-0.05, 0) is 18.6 Å². The minimum absolute atomic E-state index is 0.00362. The van der Waals surface area contributed by atoms with Crippen LogP contribution in [0.5, 0.6) is 17.2 Å². The first-order valence-corrected chi connectivity index (χ1v) is 6.00. The summed E-state index contributed by atoms with van der Waals surface area (Å²) < 4.78 is 10.1. The fourth-order valence-corrected chi connectivity index (χ4v) is 1.57. The van der Waals surface area contributed by atoms with Crippen LogP contribution in [0.3, 0.4) is 0 Å². The number of hydrogen-bond acceptors (Lipinski definition) is 7. The highest BCUT2D eigenvalue weighted by molar-refractivity contribution is 5.72. The zero-order chi connectivity index (χ0) is 16.0. The first kappa shape index (κ1) is 16.6. The molecule has 8 heteroatoms. The van der Waals surface area contributed by atoms with Gasteiger partial charge in [-0.1, -0.05) is 0 Å². The van der Waals surface area contributed by atoms with Crippen LogP contribution < -0.4 is 10.5 Å². The third-order valence-electron chi connectivity index (χ3n) is 2.75. The minimum Gasteiger partial charge on any atom is -0.504 e. The third-order valence-corrected chi connectivity index (χ3v) is 2.75. The Kier molecular flexibility index (Phi) is 5.78. The third kappa shape index (κ3) is 4.24. The predicted molar refractivity (Wildman–Crippen MR) is 70.9 cm³/mol. The number of aromatic hydroxyl groups is 2. The first-order chi connectivity index (χ1) is 9.90. The van der Waals surface area contributed by atoms with E-state index in [1.54, 1.807) is 0 Å². The van der Waals surface area contributed by atoms with E-state index in [1.165, 1.54) is 19.2 Å². The van der Waals surface area contributed by atoms with Crippen LogP contribution in [0.2, 0.25) is 0 Å². The standard InChI is InChI=1S/C13H16N2O6/c1-20-10-5-7(4-9(16)12(10)17)11(6-14)21-3-2-8(15)13(18)19/h4-5,8,11,16-17H,2-3,15H2,1H3,(H,18,19). The Morgan fingerprint density at radius 1 is 1.48 bits per heavy atom. The molecule has 0 heterocycles. The van der Waals surface area contributed by atoms with Gasteiger partial charge in [0.1, 0.15) is 6.04 Å². The summed E-state index contributed by atoms with van der Waals surface area (Å²) in [7, 11) is 1.30. The molecule has 1 rings (SSSR count). The van der Waals surface area contributed by atoms with Crippen molar-refractivity contribution in [2.45, 2.75) is 18.6 Å². The van der Waals surface area contributed by atoms with Crippen LogP contribution in [-0.4, -0.2) is 41.0 Å². The van der Waals surface area contributed by atoms with Crippen LogP contribution in [0, 0.1) is 11.3 Å². The molecule has 114 valence electrons. The number of carboxylic acid groups (broad SMARTS) is 1. The van der Waals surface area contributed by atoms with Crippen LogP contribution in [0.25, 0.3) is 0 Å². The maximum absolute atomic E-state index is 10.6. The Morgan fingerprint density at radius 2 is 2.14 bits per heavy atom. The SMILES string of the molecule is COc1cc(C(C#N)OCCC(N)C(=O)O)cc(O)c1O. The molecule has 0 aliphatic carbocycles. The summed E-state index contributed by atoms with van der Waals surface area (Å²) in [5.41, 5.74) is 5.59. The lowest BCUT2D eigenvalue weighted by Crippen LogP contribution is -2.31. The normalized spacial score (nSPS) is 13.2. The Hall–Kier alpha value is -2.50. The number of benzene rings is 1. The number of hydrogen-bond donors (Lipinski definition) is 4. The lowest BCUT2D eigenvalue weighted by Gasteiger charge is -2.14. The van der Waals surface area contributed by atoms with Crippen molar-refractivity contribution in [2.24, 2.45) is 5.73 Å². The molecule has 1 aromatic rings. The van der Waals surface area contributed by atoms with Gasteiger partial charge in [0.15, 0.2) is 17.6 Å². The second kappa shape index (κ2) is 7.33. The van der Waals surface area contributed by atoms with E-state index in [9.17, 15) is 15.0 Å². The largest absolute Gasteiger partial charge is 0.504 e. The summed E-state index contributed by atoms with van der Waals surface area (Å²) in [6.45, 7) is -0.0460. The second-order valence-electron chi connectivity index (χ2n) is 4.20. The van der Waals surface area contributed by atoms with Gasteiger partial charge in [-0.3, -0.25) is 4.79 Å². The maximum Gasteiger partial charge on any atom is 0.320 e. The number of rotatable bonds is 7. The molecule has 8 nitrogen and oxygen atoms in total. The number of methoxy groups -OCH3 is 1. The molecule has 0 amide bonds. The number of carbonyl (C=O) groups is 1. The van der Waals surface area contributed by atoms with E-state index in [1.807, 2.05) is 6.07 Å². The number of carboxylic acids is 1. The van der Waals surface area contributed by atoms with Gasteiger partial charge in [-0.2, -0.15) is 5.26 Å². The van der Waals surface area contributed by atoms with Crippen molar-refractivity contribution in [1.29, 1.82) is 5.26 Å². The molecule has 0 spiro atoms. The fraction of sp³-hybridized carbons (Fsp3) is 0.385. The summed E-state index contributed by atoms with van der Waals surface area (Å²) in [6.07, 6.45) is -1.01. The van der Waals surface area contributed by atoms with Gasteiger partial charge in [-0.25, -0.2) is 0 Å². The summed E-state index contributed by atoms with van der Waals surface area (Å²) in [4.78, 5) is 10.6. The first-order valence-electron chi connectivity index (χ1n) is 6.00. The Balaban J connectivity index is 2.79. The quantitative estimate of drug-likeness (QED) is 0.532. The van der Waals surface area contributed by atoms with E-state index in [-0.39, 0.29) is 24.3 Å². The number of nitrogens with zero attached hydrogens (tertiary/aromatic N) is 1. The van der Waals surface area contributed by atoms with Gasteiger partial charge in [-0.15, -0.1) is 0 Å². The molecule has 0 fully saturated rings. The van der Waals surface area contributed by atoms with Crippen molar-refractivity contribution in [1.82, 2.24) is 0 Å². The Morgan fingerprint density at radius 3 is 2.67 bits per heavy atom. The fourth-order valence-electron chi connectivity index (χ4n) is 1.57. The molecular weight excluding hydrogens is 280 g/mol. The van der Waals surface area contributed by atoms with Crippen LogP contribution in [0.15, 0.2) is 12.1 Å². The van der Waals surface area contributed by atoms with E-state index in [0.29, 0.717) is 0 Å². The zero-order valence-corrected chi connectivity index (χ0v) is 11.3. The van der Waals surface area contributed by atoms with Gasteiger partial charge in [0.05, 0.1) is 19.8 Å². The van der Waals surface area contributed by atoms with E-state index >= 15 is 0 Å². The predicted octanol–water partition coefficient (Wildman–Crippen LogP) is 0.490. The molecule has 1 aromatic carbocycles. The number of ether oxygens (including phenoxy) is 2. The average Bonchev–Trinajstić information content (AvgIpc) is 2.46. The summed E-state index contributed by atoms with van der Waals surface area (Å²) in [5, 5.41) is 36.8. The van der Waals surface area contributed by atoms with Crippen molar-refractivity contribution < 1.29 is 29.6 Å². The average molecular weight is 296 g/mol. The molecule has 21 heavy (non-hydrogen) atoms. The Labute approximate surface area is 120 Å². The van der Waals surface area contributed by atoms with Gasteiger partial charge in [0.25, 0.3) is 0 Å². The van der Waals surface area contributed by atoms with Crippen molar-refractivity contribution in [3.05, 3.63) is 17.7 Å². The highest BCUT2D eigenvalue weighted by Crippen LogP contribution is 2.38. The molecular formula is C13H16N2O6. The summed E-state index contributed by atoms with van der Waals surface area (Å²) in [5.74, 6) is -2.05. The van der Waals surface area contributed by atoms with Gasteiger partial charge in [0, 0.05) is 5.56 Å². The molecule has 0 saturated carbocycles. The second-order valence-corrected chi connectivity index (χ2v) is 4.20. The lowest BCUT2D eigenvalue weighted by molar-refractivity contribution is -0.139. The van der Waals surface area contributed by atoms with Crippen LogP contribution in [0.1, 0.15) is 18.1 Å². The van der Waals surface area contributed by atoms with Crippen LogP contribution >= 0.6 is 0 Å². The van der Waals surface area contributed by atoms with Gasteiger partial charge in [0.2, 0.25) is 5.75 Å². The highest BCUT2D eigenvalue weighted by Gasteiger charge is 2.18. The van der Waals surface area contributed by atoms with Crippen LogP contribution in [-0.2, 0) is 9.53 Å². The number of phenols is 2. The van der Waals surface area contributed by atoms with E-state index in [0.717, 1.165) is 0 Å².